The van der Waals surface area contributed by atoms with Gasteiger partial charge < -0.3 is 9.64 Å². The molecular weight excluding hydrogens is 364 g/mol. The molecule has 27 heavy (non-hydrogen) atoms. The number of benzene rings is 2. The SMILES string of the molecule is COc1ccc(S(=O)(=O)NCCN(C(C)=O)c2ccc(C)cc2C)c(C)c1. The van der Waals surface area contributed by atoms with Gasteiger partial charge in [-0.15, -0.1) is 0 Å². The molecule has 0 bridgehead atoms. The van der Waals surface area contributed by atoms with E-state index >= 15 is 0 Å². The molecule has 0 radical (unpaired) electrons. The fourth-order valence-electron chi connectivity index (χ4n) is 2.98. The number of carbonyl (C=O) groups excluding carboxylic acids is 1. The second-order valence-corrected chi connectivity index (χ2v) is 8.23. The highest BCUT2D eigenvalue weighted by Gasteiger charge is 2.19. The van der Waals surface area contributed by atoms with Crippen molar-refractivity contribution in [3.05, 3.63) is 53.1 Å². The smallest absolute Gasteiger partial charge is 0.240 e. The maximum atomic E-state index is 12.6. The summed E-state index contributed by atoms with van der Waals surface area (Å²) in [5.41, 5.74) is 3.46. The van der Waals surface area contributed by atoms with Crippen LogP contribution in [-0.4, -0.2) is 34.5 Å². The lowest BCUT2D eigenvalue weighted by Gasteiger charge is -2.23. The minimum absolute atomic E-state index is 0.112. The summed E-state index contributed by atoms with van der Waals surface area (Å²) in [4.78, 5) is 13.8. The van der Waals surface area contributed by atoms with Crippen LogP contribution < -0.4 is 14.4 Å². The molecular formula is C20H26N2O4S. The van der Waals surface area contributed by atoms with Crippen LogP contribution in [0.15, 0.2) is 41.3 Å². The van der Waals surface area contributed by atoms with Crippen molar-refractivity contribution in [2.75, 3.05) is 25.1 Å². The van der Waals surface area contributed by atoms with Crippen molar-refractivity contribution >= 4 is 21.6 Å². The van der Waals surface area contributed by atoms with Crippen LogP contribution in [0, 0.1) is 20.8 Å². The summed E-state index contributed by atoms with van der Waals surface area (Å²) in [6, 6.07) is 10.6. The second kappa shape index (κ2) is 8.54. The third-order valence-corrected chi connectivity index (χ3v) is 5.94. The molecule has 0 saturated carbocycles. The molecule has 0 aromatic heterocycles. The van der Waals surface area contributed by atoms with Gasteiger partial charge >= 0.3 is 0 Å². The molecule has 2 aromatic carbocycles. The highest BCUT2D eigenvalue weighted by atomic mass is 32.2. The van der Waals surface area contributed by atoms with E-state index in [0.29, 0.717) is 11.3 Å². The summed E-state index contributed by atoms with van der Waals surface area (Å²) in [5, 5.41) is 0. The Hall–Kier alpha value is -2.38. The number of carbonyl (C=O) groups is 1. The number of aryl methyl sites for hydroxylation is 3. The van der Waals surface area contributed by atoms with Gasteiger partial charge in [-0.25, -0.2) is 13.1 Å². The monoisotopic (exact) mass is 390 g/mol. The van der Waals surface area contributed by atoms with Gasteiger partial charge in [0.05, 0.1) is 12.0 Å². The third-order valence-electron chi connectivity index (χ3n) is 4.32. The average molecular weight is 391 g/mol. The first-order valence-electron chi connectivity index (χ1n) is 8.65. The fourth-order valence-corrected chi connectivity index (χ4v) is 4.22. The van der Waals surface area contributed by atoms with Crippen molar-refractivity contribution in [3.8, 4) is 5.75 Å². The molecule has 1 N–H and O–H groups in total. The molecule has 1 amide bonds. The van der Waals surface area contributed by atoms with E-state index in [1.807, 2.05) is 32.0 Å². The molecule has 0 saturated heterocycles. The van der Waals surface area contributed by atoms with Gasteiger partial charge in [-0.05, 0) is 56.2 Å². The quantitative estimate of drug-likeness (QED) is 0.789. The molecule has 0 unspecified atom stereocenters. The van der Waals surface area contributed by atoms with E-state index in [1.54, 1.807) is 24.0 Å². The number of ether oxygens (including phenoxy) is 1. The van der Waals surface area contributed by atoms with E-state index in [1.165, 1.54) is 20.1 Å². The highest BCUT2D eigenvalue weighted by molar-refractivity contribution is 7.89. The van der Waals surface area contributed by atoms with Crippen LogP contribution >= 0.6 is 0 Å². The predicted octanol–water partition coefficient (Wildman–Crippen LogP) is 2.95. The Morgan fingerprint density at radius 1 is 1.07 bits per heavy atom. The Morgan fingerprint density at radius 3 is 2.33 bits per heavy atom. The number of sulfonamides is 1. The summed E-state index contributed by atoms with van der Waals surface area (Å²) in [5.74, 6) is 0.464. The van der Waals surface area contributed by atoms with Crippen LogP contribution in [0.3, 0.4) is 0 Å². The van der Waals surface area contributed by atoms with Crippen molar-refractivity contribution < 1.29 is 17.9 Å². The Balaban J connectivity index is 2.13. The number of hydrogen-bond acceptors (Lipinski definition) is 4. The first kappa shape index (κ1) is 20.9. The average Bonchev–Trinajstić information content (AvgIpc) is 2.59. The third kappa shape index (κ3) is 5.08. The maximum Gasteiger partial charge on any atom is 0.240 e. The second-order valence-electron chi connectivity index (χ2n) is 6.49. The van der Waals surface area contributed by atoms with E-state index in [0.717, 1.165) is 16.8 Å². The van der Waals surface area contributed by atoms with E-state index in [-0.39, 0.29) is 23.9 Å². The normalized spacial score (nSPS) is 11.3. The number of nitrogens with zero attached hydrogens (tertiary/aromatic N) is 1. The molecule has 0 spiro atoms. The van der Waals surface area contributed by atoms with Gasteiger partial charge in [-0.3, -0.25) is 4.79 Å². The Labute approximate surface area is 161 Å². The summed E-state index contributed by atoms with van der Waals surface area (Å²) in [6.45, 7) is 7.47. The zero-order chi connectivity index (χ0) is 20.2. The molecule has 0 aliphatic carbocycles. The van der Waals surface area contributed by atoms with Gasteiger partial charge in [-0.2, -0.15) is 0 Å². The molecule has 146 valence electrons. The van der Waals surface area contributed by atoms with Gasteiger partial charge in [0.25, 0.3) is 0 Å². The largest absolute Gasteiger partial charge is 0.497 e. The van der Waals surface area contributed by atoms with Crippen molar-refractivity contribution in [3.63, 3.8) is 0 Å². The summed E-state index contributed by atoms with van der Waals surface area (Å²) in [6.07, 6.45) is 0. The number of hydrogen-bond donors (Lipinski definition) is 1. The van der Waals surface area contributed by atoms with Crippen LogP contribution in [-0.2, 0) is 14.8 Å². The number of nitrogens with one attached hydrogen (secondary N) is 1. The van der Waals surface area contributed by atoms with Crippen molar-refractivity contribution in [2.24, 2.45) is 0 Å². The first-order chi connectivity index (χ1) is 12.7. The van der Waals surface area contributed by atoms with Crippen LogP contribution in [0.4, 0.5) is 5.69 Å². The lowest BCUT2D eigenvalue weighted by Crippen LogP contribution is -2.38. The zero-order valence-electron chi connectivity index (χ0n) is 16.4. The van der Waals surface area contributed by atoms with E-state index in [2.05, 4.69) is 4.72 Å². The van der Waals surface area contributed by atoms with Gasteiger partial charge in [-0.1, -0.05) is 17.7 Å². The van der Waals surface area contributed by atoms with Crippen LogP contribution in [0.2, 0.25) is 0 Å². The topological polar surface area (TPSA) is 75.7 Å². The number of rotatable bonds is 7. The lowest BCUT2D eigenvalue weighted by molar-refractivity contribution is -0.116. The fraction of sp³-hybridized carbons (Fsp3) is 0.350. The van der Waals surface area contributed by atoms with E-state index < -0.39 is 10.0 Å². The Bertz CT molecular complexity index is 939. The van der Waals surface area contributed by atoms with Crippen LogP contribution in [0.1, 0.15) is 23.6 Å². The molecule has 2 aromatic rings. The predicted molar refractivity (Wildman–Crippen MR) is 107 cm³/mol. The maximum absolute atomic E-state index is 12.6. The Morgan fingerprint density at radius 2 is 1.78 bits per heavy atom. The summed E-state index contributed by atoms with van der Waals surface area (Å²) >= 11 is 0. The Kier molecular flexibility index (Phi) is 6.62. The molecule has 0 aliphatic rings. The van der Waals surface area contributed by atoms with Crippen LogP contribution in [0.25, 0.3) is 0 Å². The lowest BCUT2D eigenvalue weighted by atomic mass is 10.1. The summed E-state index contributed by atoms with van der Waals surface area (Å²) in [7, 11) is -2.15. The number of amides is 1. The number of anilines is 1. The van der Waals surface area contributed by atoms with Gasteiger partial charge in [0.2, 0.25) is 15.9 Å². The zero-order valence-corrected chi connectivity index (χ0v) is 17.2. The van der Waals surface area contributed by atoms with E-state index in [4.69, 9.17) is 4.74 Å². The van der Waals surface area contributed by atoms with E-state index in [9.17, 15) is 13.2 Å². The van der Waals surface area contributed by atoms with Crippen LogP contribution in [0.5, 0.6) is 5.75 Å². The molecule has 0 atom stereocenters. The van der Waals surface area contributed by atoms with Crippen molar-refractivity contribution in [1.29, 1.82) is 0 Å². The first-order valence-corrected chi connectivity index (χ1v) is 10.1. The minimum atomic E-state index is -3.68. The minimum Gasteiger partial charge on any atom is -0.497 e. The standard InChI is InChI=1S/C20H26N2O4S/c1-14-6-8-19(15(2)12-14)22(17(4)23)11-10-21-27(24,25)20-9-7-18(26-5)13-16(20)3/h6-9,12-13,21H,10-11H2,1-5H3. The molecule has 0 fully saturated rings. The van der Waals surface area contributed by atoms with Gasteiger partial charge in [0, 0.05) is 25.7 Å². The number of methoxy groups -OCH3 is 1. The molecule has 6 nitrogen and oxygen atoms in total. The van der Waals surface area contributed by atoms with Gasteiger partial charge in [0.1, 0.15) is 5.75 Å². The van der Waals surface area contributed by atoms with Gasteiger partial charge in [0.15, 0.2) is 0 Å². The highest BCUT2D eigenvalue weighted by Crippen LogP contribution is 2.22. The van der Waals surface area contributed by atoms with Crippen molar-refractivity contribution in [1.82, 2.24) is 4.72 Å². The molecule has 0 heterocycles. The molecule has 2 rings (SSSR count). The molecule has 7 heteroatoms. The molecule has 0 aliphatic heterocycles. The summed E-state index contributed by atoms with van der Waals surface area (Å²) < 4.78 is 32.9. The van der Waals surface area contributed by atoms with Crippen molar-refractivity contribution in [2.45, 2.75) is 32.6 Å².